The number of carbonyl (C=O) groups is 1. The van der Waals surface area contributed by atoms with Gasteiger partial charge in [-0.3, -0.25) is 10.1 Å². The van der Waals surface area contributed by atoms with Gasteiger partial charge in [-0.15, -0.1) is 0 Å². The Balaban J connectivity index is 2.57. The zero-order chi connectivity index (χ0) is 9.84. The number of nitrogens with zero attached hydrogens (tertiary/aromatic N) is 1. The van der Waals surface area contributed by atoms with Gasteiger partial charge in [-0.05, 0) is 19.6 Å². The molecule has 2 atom stereocenters. The van der Waals surface area contributed by atoms with E-state index in [1.165, 1.54) is 0 Å². The summed E-state index contributed by atoms with van der Waals surface area (Å²) in [6, 6.07) is 0.349. The zero-order valence-electron chi connectivity index (χ0n) is 8.54. The van der Waals surface area contributed by atoms with Crippen molar-refractivity contribution in [1.82, 2.24) is 10.2 Å². The summed E-state index contributed by atoms with van der Waals surface area (Å²) in [5, 5.41) is 3.21. The molecule has 0 bridgehead atoms. The molecule has 1 rings (SSSR count). The van der Waals surface area contributed by atoms with Crippen molar-refractivity contribution >= 4 is 17.7 Å². The van der Waals surface area contributed by atoms with Crippen LogP contribution in [0.3, 0.4) is 0 Å². The molecule has 3 nitrogen and oxygen atoms in total. The second kappa shape index (κ2) is 4.86. The van der Waals surface area contributed by atoms with Gasteiger partial charge in [-0.25, -0.2) is 0 Å². The standard InChI is InChI=1S/C9H18N2OS/c1-4-8-10-5-9(12)11(8)7(2)6-13-3/h7-8,10H,4-6H2,1-3H3. The van der Waals surface area contributed by atoms with Gasteiger partial charge in [0.2, 0.25) is 5.91 Å². The summed E-state index contributed by atoms with van der Waals surface area (Å²) in [5.74, 6) is 1.26. The van der Waals surface area contributed by atoms with E-state index >= 15 is 0 Å². The first kappa shape index (κ1) is 10.9. The van der Waals surface area contributed by atoms with Crippen LogP contribution in [0.15, 0.2) is 0 Å². The lowest BCUT2D eigenvalue weighted by Gasteiger charge is -2.29. The minimum Gasteiger partial charge on any atom is -0.323 e. The minimum atomic E-state index is 0.244. The first-order chi connectivity index (χ1) is 6.20. The van der Waals surface area contributed by atoms with Crippen LogP contribution >= 0.6 is 11.8 Å². The molecule has 0 aromatic heterocycles. The van der Waals surface area contributed by atoms with Gasteiger partial charge < -0.3 is 4.90 Å². The summed E-state index contributed by atoms with van der Waals surface area (Å²) in [5.41, 5.74) is 0. The number of carbonyl (C=O) groups excluding carboxylic acids is 1. The van der Waals surface area contributed by atoms with E-state index in [9.17, 15) is 4.79 Å². The maximum absolute atomic E-state index is 11.5. The lowest BCUT2D eigenvalue weighted by molar-refractivity contribution is -0.129. The monoisotopic (exact) mass is 202 g/mol. The molecule has 1 saturated heterocycles. The molecule has 1 amide bonds. The molecular weight excluding hydrogens is 184 g/mol. The van der Waals surface area contributed by atoms with Gasteiger partial charge in [0.05, 0.1) is 12.7 Å². The Hall–Kier alpha value is -0.220. The Morgan fingerprint density at radius 1 is 1.77 bits per heavy atom. The Bertz CT molecular complexity index is 186. The number of thioether (sulfide) groups is 1. The molecule has 2 unspecified atom stereocenters. The molecule has 4 heteroatoms. The highest BCUT2D eigenvalue weighted by Crippen LogP contribution is 2.15. The summed E-state index contributed by atoms with van der Waals surface area (Å²) in [6.07, 6.45) is 3.32. The van der Waals surface area contributed by atoms with E-state index in [-0.39, 0.29) is 12.1 Å². The third kappa shape index (κ3) is 2.38. The highest BCUT2D eigenvalue weighted by Gasteiger charge is 2.32. The molecule has 1 aliphatic heterocycles. The van der Waals surface area contributed by atoms with Crippen molar-refractivity contribution in [2.45, 2.75) is 32.5 Å². The topological polar surface area (TPSA) is 32.3 Å². The molecule has 0 saturated carbocycles. The molecule has 1 fully saturated rings. The maximum atomic E-state index is 11.5. The van der Waals surface area contributed by atoms with Crippen LogP contribution in [0.2, 0.25) is 0 Å². The van der Waals surface area contributed by atoms with Crippen LogP contribution in [0.1, 0.15) is 20.3 Å². The first-order valence-corrected chi connectivity index (χ1v) is 6.13. The quantitative estimate of drug-likeness (QED) is 0.735. The van der Waals surface area contributed by atoms with E-state index in [4.69, 9.17) is 0 Å². The van der Waals surface area contributed by atoms with Crippen LogP contribution in [-0.2, 0) is 4.79 Å². The van der Waals surface area contributed by atoms with Crippen LogP contribution < -0.4 is 5.32 Å². The fourth-order valence-corrected chi connectivity index (χ4v) is 2.43. The summed E-state index contributed by atoms with van der Waals surface area (Å²) in [6.45, 7) is 4.73. The van der Waals surface area contributed by atoms with Crippen LogP contribution in [0.4, 0.5) is 0 Å². The van der Waals surface area contributed by atoms with Gasteiger partial charge in [0.15, 0.2) is 0 Å². The van der Waals surface area contributed by atoms with Gasteiger partial charge >= 0.3 is 0 Å². The van der Waals surface area contributed by atoms with Gasteiger partial charge in [0.25, 0.3) is 0 Å². The number of hydrogen-bond donors (Lipinski definition) is 1. The van der Waals surface area contributed by atoms with Crippen molar-refractivity contribution in [1.29, 1.82) is 0 Å². The molecule has 0 spiro atoms. The SMILES string of the molecule is CCC1NCC(=O)N1C(C)CSC. The van der Waals surface area contributed by atoms with E-state index in [1.54, 1.807) is 11.8 Å². The van der Waals surface area contributed by atoms with Crippen molar-refractivity contribution in [3.63, 3.8) is 0 Å². The van der Waals surface area contributed by atoms with Crippen molar-refractivity contribution in [3.05, 3.63) is 0 Å². The molecule has 0 aliphatic carbocycles. The van der Waals surface area contributed by atoms with Crippen molar-refractivity contribution in [3.8, 4) is 0 Å². The lowest BCUT2D eigenvalue weighted by atomic mass is 10.2. The Morgan fingerprint density at radius 3 is 3.00 bits per heavy atom. The van der Waals surface area contributed by atoms with Crippen molar-refractivity contribution in [2.24, 2.45) is 0 Å². The molecule has 0 aromatic carbocycles. The lowest BCUT2D eigenvalue weighted by Crippen LogP contribution is -2.44. The minimum absolute atomic E-state index is 0.244. The number of amides is 1. The number of nitrogens with one attached hydrogen (secondary N) is 1. The fourth-order valence-electron chi connectivity index (χ4n) is 1.78. The van der Waals surface area contributed by atoms with Gasteiger partial charge in [-0.2, -0.15) is 11.8 Å². The predicted octanol–water partition coefficient (Wildman–Crippen LogP) is 0.906. The molecule has 13 heavy (non-hydrogen) atoms. The zero-order valence-corrected chi connectivity index (χ0v) is 9.36. The van der Waals surface area contributed by atoms with Crippen LogP contribution in [-0.4, -0.2) is 41.6 Å². The van der Waals surface area contributed by atoms with Crippen molar-refractivity contribution < 1.29 is 4.79 Å². The molecule has 1 heterocycles. The third-order valence-corrected chi connectivity index (χ3v) is 3.20. The molecule has 1 aliphatic rings. The predicted molar refractivity (Wildman–Crippen MR) is 56.8 cm³/mol. The van der Waals surface area contributed by atoms with Gasteiger partial charge in [0.1, 0.15) is 0 Å². The number of hydrogen-bond acceptors (Lipinski definition) is 3. The van der Waals surface area contributed by atoms with Gasteiger partial charge in [-0.1, -0.05) is 6.92 Å². The normalized spacial score (nSPS) is 25.3. The van der Waals surface area contributed by atoms with Crippen LogP contribution in [0.5, 0.6) is 0 Å². The average molecular weight is 202 g/mol. The van der Waals surface area contributed by atoms with E-state index in [2.05, 4.69) is 25.4 Å². The Labute approximate surface area is 84.2 Å². The molecule has 0 radical (unpaired) electrons. The van der Waals surface area contributed by atoms with Gasteiger partial charge in [0, 0.05) is 11.8 Å². The molecule has 1 N–H and O–H groups in total. The third-order valence-electron chi connectivity index (χ3n) is 2.38. The Morgan fingerprint density at radius 2 is 2.46 bits per heavy atom. The summed E-state index contributed by atoms with van der Waals surface area (Å²) in [4.78, 5) is 13.5. The van der Waals surface area contributed by atoms with E-state index in [0.29, 0.717) is 12.6 Å². The smallest absolute Gasteiger partial charge is 0.238 e. The average Bonchev–Trinajstić information content (AvgIpc) is 2.47. The highest BCUT2D eigenvalue weighted by molar-refractivity contribution is 7.98. The van der Waals surface area contributed by atoms with E-state index in [1.807, 2.05) is 4.90 Å². The summed E-state index contributed by atoms with van der Waals surface area (Å²) < 4.78 is 0. The second-order valence-corrected chi connectivity index (χ2v) is 4.32. The maximum Gasteiger partial charge on any atom is 0.238 e. The van der Waals surface area contributed by atoms with E-state index in [0.717, 1.165) is 12.2 Å². The largest absolute Gasteiger partial charge is 0.323 e. The molecule has 76 valence electrons. The highest BCUT2D eigenvalue weighted by atomic mass is 32.2. The molecular formula is C9H18N2OS. The van der Waals surface area contributed by atoms with E-state index < -0.39 is 0 Å². The van der Waals surface area contributed by atoms with Crippen LogP contribution in [0, 0.1) is 0 Å². The Kier molecular flexibility index (Phi) is 4.06. The summed E-state index contributed by atoms with van der Waals surface area (Å²) >= 11 is 1.79. The summed E-state index contributed by atoms with van der Waals surface area (Å²) in [7, 11) is 0. The molecule has 0 aromatic rings. The van der Waals surface area contributed by atoms with Crippen molar-refractivity contribution in [2.75, 3.05) is 18.6 Å². The first-order valence-electron chi connectivity index (χ1n) is 4.74. The second-order valence-electron chi connectivity index (χ2n) is 3.41. The number of rotatable bonds is 4. The fraction of sp³-hybridized carbons (Fsp3) is 0.889. The van der Waals surface area contributed by atoms with Crippen LogP contribution in [0.25, 0.3) is 0 Å².